The van der Waals surface area contributed by atoms with Crippen LogP contribution in [0.15, 0.2) is 48.5 Å². The number of aliphatic hydroxyl groups excluding tert-OH is 1. The predicted molar refractivity (Wildman–Crippen MR) is 93.9 cm³/mol. The molecule has 0 saturated carbocycles. The molecular formula is C17H18N2O3S. The van der Waals surface area contributed by atoms with E-state index in [1.165, 1.54) is 0 Å². The summed E-state index contributed by atoms with van der Waals surface area (Å²) < 4.78 is 5.05. The van der Waals surface area contributed by atoms with Crippen molar-refractivity contribution in [1.82, 2.24) is 5.32 Å². The zero-order valence-corrected chi connectivity index (χ0v) is 13.5. The van der Waals surface area contributed by atoms with Crippen LogP contribution in [-0.4, -0.2) is 29.8 Å². The average Bonchev–Trinajstić information content (AvgIpc) is 2.57. The molecule has 0 aliphatic rings. The first kappa shape index (κ1) is 16.9. The minimum atomic E-state index is -0.290. The number of hydrogen-bond acceptors (Lipinski definition) is 4. The quantitative estimate of drug-likeness (QED) is 0.734. The van der Waals surface area contributed by atoms with Crippen molar-refractivity contribution >= 4 is 28.9 Å². The van der Waals surface area contributed by atoms with Gasteiger partial charge in [-0.05, 0) is 60.6 Å². The number of methoxy groups -OCH3 is 1. The van der Waals surface area contributed by atoms with Gasteiger partial charge in [0.05, 0.1) is 7.11 Å². The summed E-state index contributed by atoms with van der Waals surface area (Å²) >= 11 is 5.14. The number of carbonyl (C=O) groups is 1. The molecule has 0 aliphatic carbocycles. The minimum Gasteiger partial charge on any atom is -0.497 e. The molecule has 3 N–H and O–H groups in total. The third kappa shape index (κ3) is 5.05. The monoisotopic (exact) mass is 330 g/mol. The molecule has 0 fully saturated rings. The Hall–Kier alpha value is -2.44. The molecule has 0 aliphatic heterocycles. The van der Waals surface area contributed by atoms with E-state index >= 15 is 0 Å². The van der Waals surface area contributed by atoms with Crippen LogP contribution in [-0.2, 0) is 6.42 Å². The van der Waals surface area contributed by atoms with Crippen molar-refractivity contribution in [1.29, 1.82) is 0 Å². The number of nitrogens with one attached hydrogen (secondary N) is 2. The van der Waals surface area contributed by atoms with E-state index in [1.807, 2.05) is 24.3 Å². The van der Waals surface area contributed by atoms with Gasteiger partial charge in [-0.3, -0.25) is 10.1 Å². The Morgan fingerprint density at radius 2 is 1.78 bits per heavy atom. The first-order valence-electron chi connectivity index (χ1n) is 7.08. The van der Waals surface area contributed by atoms with Crippen molar-refractivity contribution in [2.45, 2.75) is 6.42 Å². The summed E-state index contributed by atoms with van der Waals surface area (Å²) in [5.74, 6) is 0.396. The van der Waals surface area contributed by atoms with E-state index < -0.39 is 0 Å². The summed E-state index contributed by atoms with van der Waals surface area (Å²) in [5, 5.41) is 14.7. The number of anilines is 1. The van der Waals surface area contributed by atoms with Crippen LogP contribution in [0.5, 0.6) is 5.75 Å². The number of hydrogen-bond donors (Lipinski definition) is 3. The zero-order chi connectivity index (χ0) is 16.7. The highest BCUT2D eigenvalue weighted by molar-refractivity contribution is 7.80. The molecule has 1 amide bonds. The first-order chi connectivity index (χ1) is 11.1. The van der Waals surface area contributed by atoms with Crippen molar-refractivity contribution in [3.63, 3.8) is 0 Å². The van der Waals surface area contributed by atoms with Gasteiger partial charge in [0.2, 0.25) is 0 Å². The van der Waals surface area contributed by atoms with Crippen molar-refractivity contribution < 1.29 is 14.6 Å². The van der Waals surface area contributed by atoms with Crippen LogP contribution >= 0.6 is 12.2 Å². The lowest BCUT2D eigenvalue weighted by atomic mass is 10.1. The fraction of sp³-hybridized carbons (Fsp3) is 0.176. The van der Waals surface area contributed by atoms with Gasteiger partial charge in [0.25, 0.3) is 5.91 Å². The molecule has 2 aromatic rings. The lowest BCUT2D eigenvalue weighted by molar-refractivity contribution is 0.0977. The lowest BCUT2D eigenvalue weighted by Gasteiger charge is -2.10. The van der Waals surface area contributed by atoms with Gasteiger partial charge in [0, 0.05) is 17.9 Å². The molecule has 0 saturated heterocycles. The number of thiocarbonyl (C=S) groups is 1. The van der Waals surface area contributed by atoms with Crippen LogP contribution in [0.4, 0.5) is 5.69 Å². The van der Waals surface area contributed by atoms with Gasteiger partial charge in [-0.15, -0.1) is 0 Å². The topological polar surface area (TPSA) is 70.6 Å². The van der Waals surface area contributed by atoms with Gasteiger partial charge in [0.1, 0.15) is 5.75 Å². The Morgan fingerprint density at radius 1 is 1.13 bits per heavy atom. The third-order valence-corrected chi connectivity index (χ3v) is 3.40. The van der Waals surface area contributed by atoms with Gasteiger partial charge in [-0.2, -0.15) is 0 Å². The van der Waals surface area contributed by atoms with Crippen LogP contribution in [0.25, 0.3) is 0 Å². The molecule has 0 aromatic heterocycles. The standard InChI is InChI=1S/C17H18N2O3S/c1-22-15-8-4-13(5-9-15)16(21)19-17(23)18-14-6-2-12(3-7-14)10-11-20/h2-9,20H,10-11H2,1H3,(H2,18,19,21,23). The van der Waals surface area contributed by atoms with Gasteiger partial charge < -0.3 is 15.2 Å². The predicted octanol–water partition coefficient (Wildman–Crippen LogP) is 2.36. The van der Waals surface area contributed by atoms with Crippen molar-refractivity contribution in [2.24, 2.45) is 0 Å². The number of amides is 1. The minimum absolute atomic E-state index is 0.114. The number of benzene rings is 2. The van der Waals surface area contributed by atoms with E-state index in [-0.39, 0.29) is 17.6 Å². The number of ether oxygens (including phenoxy) is 1. The Bertz CT molecular complexity index is 669. The number of rotatable bonds is 5. The van der Waals surface area contributed by atoms with Gasteiger partial charge in [0.15, 0.2) is 5.11 Å². The molecule has 23 heavy (non-hydrogen) atoms. The highest BCUT2D eigenvalue weighted by Gasteiger charge is 2.08. The molecule has 0 spiro atoms. The fourth-order valence-corrected chi connectivity index (χ4v) is 2.17. The zero-order valence-electron chi connectivity index (χ0n) is 12.7. The van der Waals surface area contributed by atoms with E-state index in [4.69, 9.17) is 22.1 Å². The maximum absolute atomic E-state index is 12.1. The Balaban J connectivity index is 1.91. The Kier molecular flexibility index (Phi) is 6.08. The molecule has 2 rings (SSSR count). The Labute approximate surface area is 140 Å². The molecular weight excluding hydrogens is 312 g/mol. The van der Waals surface area contributed by atoms with E-state index in [0.717, 1.165) is 11.3 Å². The highest BCUT2D eigenvalue weighted by Crippen LogP contribution is 2.12. The molecule has 0 unspecified atom stereocenters. The van der Waals surface area contributed by atoms with Crippen LogP contribution < -0.4 is 15.4 Å². The summed E-state index contributed by atoms with van der Waals surface area (Å²) in [6, 6.07) is 14.2. The highest BCUT2D eigenvalue weighted by atomic mass is 32.1. The normalized spacial score (nSPS) is 10.0. The lowest BCUT2D eigenvalue weighted by Crippen LogP contribution is -2.34. The van der Waals surface area contributed by atoms with Crippen molar-refractivity contribution in [3.8, 4) is 5.75 Å². The van der Waals surface area contributed by atoms with Gasteiger partial charge >= 0.3 is 0 Å². The van der Waals surface area contributed by atoms with E-state index in [9.17, 15) is 4.79 Å². The summed E-state index contributed by atoms with van der Waals surface area (Å²) in [6.45, 7) is 0.114. The number of carbonyl (C=O) groups excluding carboxylic acids is 1. The van der Waals surface area contributed by atoms with Gasteiger partial charge in [-0.1, -0.05) is 12.1 Å². The van der Waals surface area contributed by atoms with E-state index in [2.05, 4.69) is 10.6 Å². The summed E-state index contributed by atoms with van der Waals surface area (Å²) in [6.07, 6.45) is 0.610. The van der Waals surface area contributed by atoms with E-state index in [0.29, 0.717) is 17.7 Å². The maximum Gasteiger partial charge on any atom is 0.257 e. The number of aliphatic hydroxyl groups is 1. The van der Waals surface area contributed by atoms with Crippen LogP contribution in [0.2, 0.25) is 0 Å². The second-order valence-electron chi connectivity index (χ2n) is 4.81. The second-order valence-corrected chi connectivity index (χ2v) is 5.22. The Morgan fingerprint density at radius 3 is 2.35 bits per heavy atom. The second kappa shape index (κ2) is 8.26. The summed E-state index contributed by atoms with van der Waals surface area (Å²) in [4.78, 5) is 12.1. The fourth-order valence-electron chi connectivity index (χ4n) is 1.96. The van der Waals surface area contributed by atoms with Crippen LogP contribution in [0.3, 0.4) is 0 Å². The van der Waals surface area contributed by atoms with Crippen molar-refractivity contribution in [2.75, 3.05) is 19.0 Å². The SMILES string of the molecule is COc1ccc(C(=O)NC(=S)Nc2ccc(CCO)cc2)cc1. The largest absolute Gasteiger partial charge is 0.497 e. The molecule has 0 heterocycles. The molecule has 2 aromatic carbocycles. The molecule has 120 valence electrons. The molecule has 0 bridgehead atoms. The summed E-state index contributed by atoms with van der Waals surface area (Å²) in [5.41, 5.74) is 2.30. The molecule has 5 nitrogen and oxygen atoms in total. The molecule has 6 heteroatoms. The maximum atomic E-state index is 12.1. The average molecular weight is 330 g/mol. The molecule has 0 atom stereocenters. The molecule has 0 radical (unpaired) electrons. The van der Waals surface area contributed by atoms with Crippen molar-refractivity contribution in [3.05, 3.63) is 59.7 Å². The first-order valence-corrected chi connectivity index (χ1v) is 7.49. The van der Waals surface area contributed by atoms with E-state index in [1.54, 1.807) is 31.4 Å². The third-order valence-electron chi connectivity index (χ3n) is 3.19. The van der Waals surface area contributed by atoms with Crippen LogP contribution in [0.1, 0.15) is 15.9 Å². The smallest absolute Gasteiger partial charge is 0.257 e. The van der Waals surface area contributed by atoms with Crippen LogP contribution in [0, 0.1) is 0 Å². The van der Waals surface area contributed by atoms with Gasteiger partial charge in [-0.25, -0.2) is 0 Å². The summed E-state index contributed by atoms with van der Waals surface area (Å²) in [7, 11) is 1.57.